The largest absolute Gasteiger partial charge is 0.496 e. The van der Waals surface area contributed by atoms with Crippen LogP contribution in [0.2, 0.25) is 0 Å². The molecule has 0 saturated carbocycles. The van der Waals surface area contributed by atoms with Gasteiger partial charge in [-0.05, 0) is 61.0 Å². The number of thiophene rings is 1. The minimum Gasteiger partial charge on any atom is -0.496 e. The van der Waals surface area contributed by atoms with Crippen molar-refractivity contribution in [1.82, 2.24) is 20.0 Å². The van der Waals surface area contributed by atoms with Gasteiger partial charge in [-0.3, -0.25) is 9.69 Å². The molecule has 0 atom stereocenters. The van der Waals surface area contributed by atoms with Gasteiger partial charge in [0.25, 0.3) is 5.91 Å². The number of carbonyl (C=O) groups is 1. The number of piperazine rings is 1. The van der Waals surface area contributed by atoms with Crippen molar-refractivity contribution in [3.63, 3.8) is 0 Å². The van der Waals surface area contributed by atoms with E-state index in [4.69, 9.17) is 9.47 Å². The number of unbranched alkanes of at least 4 members (excludes halogenated alkanes) is 1. The number of ether oxygens (including phenoxy) is 2. The number of nitrogens with one attached hydrogen (secondary N) is 1. The Morgan fingerprint density at radius 2 is 1.90 bits per heavy atom. The average molecular weight is 548 g/mol. The Bertz CT molecular complexity index is 1380. The van der Waals surface area contributed by atoms with Gasteiger partial charge in [0.05, 0.1) is 13.7 Å². The van der Waals surface area contributed by atoms with E-state index in [9.17, 15) is 4.79 Å². The van der Waals surface area contributed by atoms with Crippen LogP contribution in [0.4, 0.5) is 5.69 Å². The van der Waals surface area contributed by atoms with Gasteiger partial charge in [0.15, 0.2) is 5.69 Å². The summed E-state index contributed by atoms with van der Waals surface area (Å²) >= 11 is 1.81. The second-order valence-corrected chi connectivity index (χ2v) is 10.8. The SMILES string of the molecule is COc1ccccc1CCNC(=O)c1cc(OCCCCN2CCN(c3cccc4sccc34)CC2)n(C)n1. The molecule has 0 bridgehead atoms. The van der Waals surface area contributed by atoms with E-state index in [2.05, 4.69) is 49.9 Å². The monoisotopic (exact) mass is 547 g/mol. The first-order chi connectivity index (χ1) is 19.1. The minimum absolute atomic E-state index is 0.204. The Labute approximate surface area is 234 Å². The molecule has 9 heteroatoms. The van der Waals surface area contributed by atoms with Gasteiger partial charge in [0, 0.05) is 61.6 Å². The molecule has 0 aliphatic carbocycles. The zero-order valence-corrected chi connectivity index (χ0v) is 23.6. The lowest BCUT2D eigenvalue weighted by Gasteiger charge is -2.36. The van der Waals surface area contributed by atoms with Crippen LogP contribution in [0.3, 0.4) is 0 Å². The number of hydrogen-bond acceptors (Lipinski definition) is 7. The number of benzene rings is 2. The minimum atomic E-state index is -0.204. The standard InChI is InChI=1S/C30H37N5O3S/c1-33-29(22-25(32-33)30(36)31-14-12-23-8-3-4-10-27(23)37-2)38-20-6-5-15-34-16-18-35(19-17-34)26-9-7-11-28-24(26)13-21-39-28/h3-4,7-11,13,21-22H,5-6,12,14-20H2,1-2H3,(H,31,36). The molecule has 0 spiro atoms. The van der Waals surface area contributed by atoms with Crippen molar-refractivity contribution < 1.29 is 14.3 Å². The van der Waals surface area contributed by atoms with Crippen LogP contribution in [-0.2, 0) is 13.5 Å². The Morgan fingerprint density at radius 3 is 2.74 bits per heavy atom. The van der Waals surface area contributed by atoms with Gasteiger partial charge >= 0.3 is 0 Å². The third-order valence-corrected chi connectivity index (χ3v) is 8.13. The van der Waals surface area contributed by atoms with Crippen molar-refractivity contribution in [2.24, 2.45) is 7.05 Å². The fraction of sp³-hybridized carbons (Fsp3) is 0.400. The van der Waals surface area contributed by atoms with E-state index in [1.165, 1.54) is 15.8 Å². The highest BCUT2D eigenvalue weighted by Crippen LogP contribution is 2.31. The molecule has 2 aromatic carbocycles. The summed E-state index contributed by atoms with van der Waals surface area (Å²) in [6, 6.07) is 18.4. The molecule has 1 N–H and O–H groups in total. The maximum Gasteiger partial charge on any atom is 0.271 e. The maximum atomic E-state index is 12.6. The second kappa shape index (κ2) is 13.0. The van der Waals surface area contributed by atoms with E-state index in [0.29, 0.717) is 31.1 Å². The van der Waals surface area contributed by atoms with Gasteiger partial charge in [-0.1, -0.05) is 24.3 Å². The summed E-state index contributed by atoms with van der Waals surface area (Å²) in [5.41, 5.74) is 2.79. The van der Waals surface area contributed by atoms with Crippen LogP contribution in [0, 0.1) is 0 Å². The first kappa shape index (κ1) is 27.0. The number of fused-ring (bicyclic) bond motifs is 1. The number of amides is 1. The van der Waals surface area contributed by atoms with Crippen LogP contribution in [0.1, 0.15) is 28.9 Å². The molecule has 1 aliphatic heterocycles. The summed E-state index contributed by atoms with van der Waals surface area (Å²) in [5.74, 6) is 1.24. The van der Waals surface area contributed by atoms with Crippen LogP contribution in [0.15, 0.2) is 60.0 Å². The van der Waals surface area contributed by atoms with Crippen LogP contribution < -0.4 is 19.7 Å². The Kier molecular flexibility index (Phi) is 9.00. The summed E-state index contributed by atoms with van der Waals surface area (Å²) in [6.45, 7) is 6.47. The van der Waals surface area contributed by atoms with Gasteiger partial charge in [-0.2, -0.15) is 5.10 Å². The molecule has 0 unspecified atom stereocenters. The summed E-state index contributed by atoms with van der Waals surface area (Å²) in [4.78, 5) is 17.6. The molecule has 5 rings (SSSR count). The molecule has 1 fully saturated rings. The molecule has 4 aromatic rings. The molecule has 1 saturated heterocycles. The lowest BCUT2D eigenvalue weighted by molar-refractivity contribution is 0.0948. The van der Waals surface area contributed by atoms with Crippen LogP contribution in [-0.4, -0.2) is 73.6 Å². The van der Waals surface area contributed by atoms with E-state index >= 15 is 0 Å². The summed E-state index contributed by atoms with van der Waals surface area (Å²) in [6.07, 6.45) is 2.72. The number of aromatic nitrogens is 2. The lowest BCUT2D eigenvalue weighted by Crippen LogP contribution is -2.46. The van der Waals surface area contributed by atoms with Crippen molar-refractivity contribution in [3.05, 3.63) is 71.2 Å². The Morgan fingerprint density at radius 1 is 1.05 bits per heavy atom. The molecule has 39 heavy (non-hydrogen) atoms. The number of methoxy groups -OCH3 is 1. The smallest absolute Gasteiger partial charge is 0.271 e. The van der Waals surface area contributed by atoms with Crippen LogP contribution >= 0.6 is 11.3 Å². The van der Waals surface area contributed by atoms with Crippen molar-refractivity contribution in [1.29, 1.82) is 0 Å². The van der Waals surface area contributed by atoms with E-state index in [-0.39, 0.29) is 5.91 Å². The highest BCUT2D eigenvalue weighted by molar-refractivity contribution is 7.17. The molecule has 0 radical (unpaired) electrons. The third-order valence-electron chi connectivity index (χ3n) is 7.25. The normalized spacial score (nSPS) is 14.1. The van der Waals surface area contributed by atoms with Crippen LogP contribution in [0.25, 0.3) is 10.1 Å². The van der Waals surface area contributed by atoms with Gasteiger partial charge < -0.3 is 19.7 Å². The zero-order valence-electron chi connectivity index (χ0n) is 22.8. The number of aryl methyl sites for hydroxylation is 1. The van der Waals surface area contributed by atoms with Crippen LogP contribution in [0.5, 0.6) is 11.6 Å². The molecule has 1 aliphatic rings. The number of para-hydroxylation sites is 1. The highest BCUT2D eigenvalue weighted by atomic mass is 32.1. The summed E-state index contributed by atoms with van der Waals surface area (Å²) in [7, 11) is 3.46. The number of nitrogens with zero attached hydrogens (tertiary/aromatic N) is 4. The number of carbonyl (C=O) groups excluding carboxylic acids is 1. The molecular weight excluding hydrogens is 510 g/mol. The topological polar surface area (TPSA) is 71.9 Å². The van der Waals surface area contributed by atoms with Gasteiger partial charge in [-0.15, -0.1) is 11.3 Å². The van der Waals surface area contributed by atoms with E-state index < -0.39 is 0 Å². The second-order valence-electron chi connectivity index (χ2n) is 9.80. The molecule has 206 valence electrons. The third kappa shape index (κ3) is 6.72. The zero-order chi connectivity index (χ0) is 27.0. The van der Waals surface area contributed by atoms with Crippen molar-refractivity contribution >= 4 is 33.0 Å². The quantitative estimate of drug-likeness (QED) is 0.262. The van der Waals surface area contributed by atoms with Gasteiger partial charge in [-0.25, -0.2) is 4.68 Å². The first-order valence-corrected chi connectivity index (χ1v) is 14.5. The van der Waals surface area contributed by atoms with Crippen molar-refractivity contribution in [2.45, 2.75) is 19.3 Å². The Balaban J connectivity index is 0.994. The molecule has 1 amide bonds. The lowest BCUT2D eigenvalue weighted by atomic mass is 10.1. The van der Waals surface area contributed by atoms with Gasteiger partial charge in [0.2, 0.25) is 5.88 Å². The summed E-state index contributed by atoms with van der Waals surface area (Å²) in [5, 5.41) is 10.8. The predicted octanol–water partition coefficient (Wildman–Crippen LogP) is 4.60. The highest BCUT2D eigenvalue weighted by Gasteiger charge is 2.19. The average Bonchev–Trinajstić information content (AvgIpc) is 3.60. The first-order valence-electron chi connectivity index (χ1n) is 13.6. The Hall–Kier alpha value is -3.56. The molecule has 2 aromatic heterocycles. The van der Waals surface area contributed by atoms with E-state index in [1.807, 2.05) is 35.6 Å². The fourth-order valence-corrected chi connectivity index (χ4v) is 5.89. The summed E-state index contributed by atoms with van der Waals surface area (Å²) < 4.78 is 14.3. The molecular formula is C30H37N5O3S. The number of anilines is 1. The maximum absolute atomic E-state index is 12.6. The van der Waals surface area contributed by atoms with Gasteiger partial charge in [0.1, 0.15) is 5.75 Å². The fourth-order valence-electron chi connectivity index (χ4n) is 5.09. The van der Waals surface area contributed by atoms with Crippen molar-refractivity contribution in [2.75, 3.05) is 57.9 Å². The number of hydrogen-bond donors (Lipinski definition) is 1. The van der Waals surface area contributed by atoms with E-state index in [0.717, 1.165) is 56.9 Å². The number of rotatable bonds is 12. The predicted molar refractivity (Wildman–Crippen MR) is 157 cm³/mol. The molecule has 3 heterocycles. The van der Waals surface area contributed by atoms with E-state index in [1.54, 1.807) is 24.9 Å². The molecule has 8 nitrogen and oxygen atoms in total. The van der Waals surface area contributed by atoms with Crippen molar-refractivity contribution in [3.8, 4) is 11.6 Å².